The molecule has 5 atom stereocenters. The quantitative estimate of drug-likeness (QED) is 0.0216. The second-order valence-corrected chi connectivity index (χ2v) is 12.3. The molecule has 1 fully saturated rings. The van der Waals surface area contributed by atoms with E-state index < -0.39 is 93.8 Å². The molecule has 0 spiro atoms. The number of hydrogen-bond donors (Lipinski definition) is 4. The maximum absolute atomic E-state index is 13.6. The number of nitrogens with zero attached hydrogens (tertiary/aromatic N) is 3. The van der Waals surface area contributed by atoms with Crippen molar-refractivity contribution in [2.45, 2.75) is 56.5 Å². The van der Waals surface area contributed by atoms with Gasteiger partial charge in [0.15, 0.2) is 6.29 Å². The van der Waals surface area contributed by atoms with Gasteiger partial charge >= 0.3 is 5.97 Å². The number of ether oxygens (including phenoxy) is 7. The average molecular weight is 768 g/mol. The van der Waals surface area contributed by atoms with E-state index in [1.807, 2.05) is 0 Å². The molecule has 0 unspecified atom stereocenters. The Labute approximate surface area is 287 Å². The lowest BCUT2D eigenvalue weighted by atomic mass is 9.97. The molecule has 0 amide bonds. The molecule has 2 aromatic rings. The van der Waals surface area contributed by atoms with E-state index in [4.69, 9.17) is 33.0 Å². The highest BCUT2D eigenvalue weighted by Crippen LogP contribution is 2.29. The Hall–Kier alpha value is -2.97. The first-order valence-corrected chi connectivity index (χ1v) is 17.0. The van der Waals surface area contributed by atoms with Crippen LogP contribution in [0.5, 0.6) is 5.75 Å². The Balaban J connectivity index is 1.16. The molecule has 1 aliphatic heterocycles. The van der Waals surface area contributed by atoms with Crippen molar-refractivity contribution in [3.63, 3.8) is 0 Å². The molecule has 0 bridgehead atoms. The summed E-state index contributed by atoms with van der Waals surface area (Å²) in [5.74, 6) is -15.0. The van der Waals surface area contributed by atoms with Crippen LogP contribution in [0.15, 0.2) is 6.20 Å². The highest BCUT2D eigenvalue weighted by Gasteiger charge is 2.44. The molecule has 4 N–H and O–H groups in total. The Kier molecular flexibility index (Phi) is 17.4. The molecular weight excluding hydrogens is 729 g/mol. The topological polar surface area (TPSA) is 227 Å². The Morgan fingerprint density at radius 1 is 0.784 bits per heavy atom. The van der Waals surface area contributed by atoms with E-state index >= 15 is 0 Å². The normalized spacial score (nSPS) is 20.9. The maximum atomic E-state index is 13.6. The van der Waals surface area contributed by atoms with E-state index in [1.165, 1.54) is 4.68 Å². The van der Waals surface area contributed by atoms with E-state index in [0.717, 1.165) is 0 Å². The summed E-state index contributed by atoms with van der Waals surface area (Å²) in [5, 5.41) is 38.2. The van der Waals surface area contributed by atoms with Gasteiger partial charge in [-0.15, -0.1) is 5.10 Å². The maximum Gasteiger partial charge on any atom is 0.313 e. The van der Waals surface area contributed by atoms with Crippen LogP contribution in [-0.4, -0.2) is 145 Å². The van der Waals surface area contributed by atoms with Crippen molar-refractivity contribution in [3.8, 4) is 5.75 Å². The summed E-state index contributed by atoms with van der Waals surface area (Å²) in [5.41, 5.74) is 0.533. The van der Waals surface area contributed by atoms with Gasteiger partial charge in [0, 0.05) is 12.6 Å². The second-order valence-electron chi connectivity index (χ2n) is 10.8. The minimum atomic E-state index is -4.33. The Bertz CT molecular complexity index is 1480. The summed E-state index contributed by atoms with van der Waals surface area (Å²) in [6.45, 7) is 1.51. The molecular formula is C28H38F5N3O14S. The van der Waals surface area contributed by atoms with Gasteiger partial charge in [0.25, 0.3) is 10.1 Å². The van der Waals surface area contributed by atoms with E-state index in [-0.39, 0.29) is 65.7 Å². The molecule has 290 valence electrons. The third-order valence-electron chi connectivity index (χ3n) is 6.97. The van der Waals surface area contributed by atoms with Crippen LogP contribution in [0, 0.1) is 29.1 Å². The molecule has 17 nitrogen and oxygen atoms in total. The monoisotopic (exact) mass is 767 g/mol. The number of carbonyl (C=O) groups is 1. The molecule has 0 saturated carbocycles. The van der Waals surface area contributed by atoms with Gasteiger partial charge in [0.1, 0.15) is 18.3 Å². The molecule has 1 saturated heterocycles. The van der Waals surface area contributed by atoms with Gasteiger partial charge < -0.3 is 48.5 Å². The number of carbonyl (C=O) groups excluding carboxylic acids is 1. The number of halogens is 5. The van der Waals surface area contributed by atoms with Crippen molar-refractivity contribution in [2.24, 2.45) is 0 Å². The van der Waals surface area contributed by atoms with Crippen molar-refractivity contribution in [1.29, 1.82) is 0 Å². The fourth-order valence-corrected chi connectivity index (χ4v) is 4.84. The average Bonchev–Trinajstić information content (AvgIpc) is 3.55. The van der Waals surface area contributed by atoms with E-state index in [9.17, 15) is 50.5 Å². The zero-order chi connectivity index (χ0) is 37.6. The van der Waals surface area contributed by atoms with Crippen LogP contribution in [0.1, 0.15) is 18.5 Å². The van der Waals surface area contributed by atoms with E-state index in [1.54, 1.807) is 6.20 Å². The lowest BCUT2D eigenvalue weighted by molar-refractivity contribution is -0.296. The Morgan fingerprint density at radius 3 is 1.92 bits per heavy atom. The predicted octanol–water partition coefficient (Wildman–Crippen LogP) is -0.320. The third-order valence-corrected chi connectivity index (χ3v) is 7.72. The van der Waals surface area contributed by atoms with Gasteiger partial charge in [-0.1, -0.05) is 5.21 Å². The van der Waals surface area contributed by atoms with Crippen LogP contribution >= 0.6 is 0 Å². The van der Waals surface area contributed by atoms with Crippen LogP contribution in [-0.2, 0) is 56.3 Å². The lowest BCUT2D eigenvalue weighted by Gasteiger charge is -2.40. The molecule has 0 radical (unpaired) electrons. The minimum Gasteiger partial charge on any atom is -0.420 e. The number of benzene rings is 1. The van der Waals surface area contributed by atoms with Gasteiger partial charge in [-0.25, -0.2) is 17.9 Å². The predicted molar refractivity (Wildman–Crippen MR) is 157 cm³/mol. The smallest absolute Gasteiger partial charge is 0.313 e. The first-order valence-electron chi connectivity index (χ1n) is 15.4. The molecule has 3 rings (SSSR count). The summed E-state index contributed by atoms with van der Waals surface area (Å²) in [6.07, 6.45) is -6.36. The van der Waals surface area contributed by atoms with Crippen molar-refractivity contribution in [2.75, 3.05) is 65.2 Å². The first kappa shape index (κ1) is 42.4. The standard InChI is InChI=1S/C28H38F5N3O14S/c29-19-20(30)22(32)27(23(33)21(19)31)50-18(37)2-5-44-8-10-46-12-13-47-11-9-45-7-4-36-15-16(34-35-36)1-6-48-28-26(40)25(39)24(38)17(49-28)3-14-51(41,42)43/h15,17,24-26,28,38-40H,1-14H2,(H,41,42,43)/t17-,24-,25+,26+,28+/m1/s1. The number of hydrogen-bond acceptors (Lipinski definition) is 15. The Morgan fingerprint density at radius 2 is 1.33 bits per heavy atom. The number of aromatic nitrogens is 3. The lowest BCUT2D eigenvalue weighted by Crippen LogP contribution is -2.58. The van der Waals surface area contributed by atoms with Crippen LogP contribution in [0.3, 0.4) is 0 Å². The highest BCUT2D eigenvalue weighted by molar-refractivity contribution is 7.85. The molecule has 23 heteroatoms. The van der Waals surface area contributed by atoms with Gasteiger partial charge in [0.05, 0.1) is 90.0 Å². The molecule has 1 aromatic heterocycles. The SMILES string of the molecule is O=C(CCOCCOCCOCCOCCn1cc(CCO[C@H]2O[C@H](CCS(=O)(=O)O)[C@@H](O)[C@H](O)[C@@H]2O)nn1)Oc1c(F)c(F)c(F)c(F)c1F. The largest absolute Gasteiger partial charge is 0.420 e. The number of rotatable bonds is 23. The van der Waals surface area contributed by atoms with Crippen molar-refractivity contribution in [1.82, 2.24) is 15.0 Å². The first-order chi connectivity index (χ1) is 24.2. The fourth-order valence-electron chi connectivity index (χ4n) is 4.31. The molecule has 0 aliphatic carbocycles. The second kappa shape index (κ2) is 20.9. The van der Waals surface area contributed by atoms with Crippen molar-refractivity contribution < 1.29 is 88.2 Å². The van der Waals surface area contributed by atoms with Crippen LogP contribution in [0.2, 0.25) is 0 Å². The van der Waals surface area contributed by atoms with Gasteiger partial charge in [-0.05, 0) is 6.42 Å². The summed E-state index contributed by atoms with van der Waals surface area (Å²) in [7, 11) is -4.33. The van der Waals surface area contributed by atoms with Crippen LogP contribution in [0.25, 0.3) is 0 Å². The number of aliphatic hydroxyl groups excluding tert-OH is 3. The molecule has 2 heterocycles. The van der Waals surface area contributed by atoms with Gasteiger partial charge in [0.2, 0.25) is 34.8 Å². The zero-order valence-corrected chi connectivity index (χ0v) is 27.7. The van der Waals surface area contributed by atoms with Crippen LogP contribution < -0.4 is 4.74 Å². The van der Waals surface area contributed by atoms with Gasteiger partial charge in [-0.2, -0.15) is 17.2 Å². The van der Waals surface area contributed by atoms with Crippen molar-refractivity contribution in [3.05, 3.63) is 41.0 Å². The fraction of sp³-hybridized carbons (Fsp3) is 0.679. The third kappa shape index (κ3) is 13.8. The van der Waals surface area contributed by atoms with Crippen molar-refractivity contribution >= 4 is 16.1 Å². The summed E-state index contributed by atoms with van der Waals surface area (Å²) in [6, 6.07) is 0. The molecule has 1 aromatic carbocycles. The van der Waals surface area contributed by atoms with E-state index in [0.29, 0.717) is 18.8 Å². The number of esters is 1. The highest BCUT2D eigenvalue weighted by atomic mass is 32.2. The zero-order valence-electron chi connectivity index (χ0n) is 26.9. The van der Waals surface area contributed by atoms with Gasteiger partial charge in [-0.3, -0.25) is 9.35 Å². The summed E-state index contributed by atoms with van der Waals surface area (Å²) in [4.78, 5) is 11.7. The van der Waals surface area contributed by atoms with Crippen LogP contribution in [0.4, 0.5) is 22.0 Å². The summed E-state index contributed by atoms with van der Waals surface area (Å²) < 4.78 is 135. The molecule has 1 aliphatic rings. The van der Waals surface area contributed by atoms with E-state index in [2.05, 4.69) is 15.0 Å². The summed E-state index contributed by atoms with van der Waals surface area (Å²) >= 11 is 0. The molecule has 51 heavy (non-hydrogen) atoms. The minimum absolute atomic E-state index is 0.0178. The number of aliphatic hydroxyl groups is 3.